The summed E-state index contributed by atoms with van der Waals surface area (Å²) >= 11 is 0. The summed E-state index contributed by atoms with van der Waals surface area (Å²) in [5.74, 6) is -3.06. The molecule has 2 N–H and O–H groups in total. The Morgan fingerprint density at radius 3 is 2.43 bits per heavy atom. The highest BCUT2D eigenvalue weighted by molar-refractivity contribution is 6.42. The van der Waals surface area contributed by atoms with Crippen molar-refractivity contribution < 1.29 is 37.0 Å². The number of pyridine rings is 1. The lowest BCUT2D eigenvalue weighted by Crippen LogP contribution is -2.45. The summed E-state index contributed by atoms with van der Waals surface area (Å²) in [6.07, 6.45) is 2.52. The van der Waals surface area contributed by atoms with E-state index in [9.17, 15) is 32.3 Å². The minimum atomic E-state index is -1.35. The van der Waals surface area contributed by atoms with E-state index in [0.717, 1.165) is 18.2 Å². The first-order valence-electron chi connectivity index (χ1n) is 15.2. The Hall–Kier alpha value is -5.40. The van der Waals surface area contributed by atoms with Crippen LogP contribution in [0.4, 0.5) is 23.7 Å². The number of H-pyrrole nitrogens is 1. The number of ether oxygens (including phenoxy) is 2. The van der Waals surface area contributed by atoms with Gasteiger partial charge in [0.25, 0.3) is 11.5 Å². The number of anilines is 1. The van der Waals surface area contributed by atoms with Crippen molar-refractivity contribution in [1.29, 1.82) is 0 Å². The quantitative estimate of drug-likeness (QED) is 0.176. The number of aromatic nitrogens is 2. The number of fused-ring (bicyclic) bond motifs is 1. The number of carbonyl (C=O) groups excluding carboxylic acids is 3. The van der Waals surface area contributed by atoms with Crippen molar-refractivity contribution in [3.8, 4) is 5.75 Å². The average Bonchev–Trinajstić information content (AvgIpc) is 3.42. The van der Waals surface area contributed by atoms with Crippen LogP contribution >= 0.6 is 0 Å². The van der Waals surface area contributed by atoms with Gasteiger partial charge in [-0.3, -0.25) is 14.4 Å². The van der Waals surface area contributed by atoms with Crippen LogP contribution in [0.25, 0.3) is 10.9 Å². The molecule has 256 valence electrons. The summed E-state index contributed by atoms with van der Waals surface area (Å²) in [6.45, 7) is -0.299. The van der Waals surface area contributed by atoms with Crippen molar-refractivity contribution in [2.45, 2.75) is 30.9 Å². The molecule has 3 amide bonds. The predicted molar refractivity (Wildman–Crippen MR) is 184 cm³/mol. The molecule has 16 heteroatoms. The van der Waals surface area contributed by atoms with E-state index in [-0.39, 0.29) is 42.5 Å². The van der Waals surface area contributed by atoms with Crippen molar-refractivity contribution >= 4 is 50.2 Å². The molecule has 0 aliphatic carbocycles. The Kier molecular flexibility index (Phi) is 11.3. The molecule has 0 saturated carbocycles. The Balaban J connectivity index is 1.56. The van der Waals surface area contributed by atoms with Crippen molar-refractivity contribution in [2.24, 2.45) is 0 Å². The monoisotopic (exact) mass is 677 g/mol. The van der Waals surface area contributed by atoms with E-state index >= 15 is 0 Å². The number of hydrogen-bond acceptors (Lipinski definition) is 6. The van der Waals surface area contributed by atoms with Crippen molar-refractivity contribution in [3.05, 3.63) is 106 Å². The first kappa shape index (κ1) is 36.4. The van der Waals surface area contributed by atoms with Gasteiger partial charge in [-0.2, -0.15) is 0 Å². The maximum Gasteiger partial charge on any atom is 0.409 e. The zero-order valence-corrected chi connectivity index (χ0v) is 28.0. The number of aromatic amines is 1. The smallest absolute Gasteiger partial charge is 0.409 e. The molecule has 1 atom stereocenters. The number of hydrogen-bond donors (Lipinski definition) is 2. The summed E-state index contributed by atoms with van der Waals surface area (Å²) in [4.78, 5) is 57.3. The molecule has 0 bridgehead atoms. The molecule has 1 unspecified atom stereocenters. The van der Waals surface area contributed by atoms with E-state index in [4.69, 9.17) is 9.47 Å². The fourth-order valence-electron chi connectivity index (χ4n) is 4.86. The molecule has 2 aromatic heterocycles. The van der Waals surface area contributed by atoms with Crippen molar-refractivity contribution in [2.75, 3.05) is 33.5 Å². The lowest BCUT2D eigenvalue weighted by molar-refractivity contribution is -0.125. The van der Waals surface area contributed by atoms with Gasteiger partial charge in [-0.25, -0.2) is 18.0 Å². The molecule has 2 heterocycles. The lowest BCUT2D eigenvalue weighted by Gasteiger charge is -2.32. The second-order valence-corrected chi connectivity index (χ2v) is 12.5. The van der Waals surface area contributed by atoms with Gasteiger partial charge in [0.2, 0.25) is 5.91 Å². The van der Waals surface area contributed by atoms with E-state index < -0.39 is 46.3 Å². The first-order valence-corrected chi connectivity index (χ1v) is 15.2. The summed E-state index contributed by atoms with van der Waals surface area (Å²) < 4.78 is 54.4. The van der Waals surface area contributed by atoms with Gasteiger partial charge in [-0.15, -0.1) is 0 Å². The van der Waals surface area contributed by atoms with E-state index in [1.807, 2.05) is 0 Å². The number of likely N-dealkylation sites (N-methyl/N-ethyl adjacent to an activating group) is 1. The number of allylic oxidation sites excluding steroid dienone is 1. The highest BCUT2D eigenvalue weighted by Crippen LogP contribution is 2.31. The molecule has 0 spiro atoms. The van der Waals surface area contributed by atoms with Gasteiger partial charge in [-0.05, 0) is 54.1 Å². The topological polar surface area (TPSA) is 126 Å². The maximum atomic E-state index is 14.5. The first-order chi connectivity index (χ1) is 23.0. The molecule has 0 fully saturated rings. The molecule has 0 radical (unpaired) electrons. The summed E-state index contributed by atoms with van der Waals surface area (Å²) in [6, 6.07) is 10.0. The van der Waals surface area contributed by atoms with Crippen molar-refractivity contribution in [1.82, 2.24) is 19.4 Å². The zero-order chi connectivity index (χ0) is 36.0. The third-order valence-corrected chi connectivity index (χ3v) is 7.61. The Morgan fingerprint density at radius 2 is 1.76 bits per heavy atom. The van der Waals surface area contributed by atoms with E-state index in [0.29, 0.717) is 16.6 Å². The van der Waals surface area contributed by atoms with Crippen LogP contribution in [0.15, 0.2) is 71.7 Å². The van der Waals surface area contributed by atoms with Gasteiger partial charge in [0.1, 0.15) is 51.2 Å². The lowest BCUT2D eigenvalue weighted by atomic mass is 9.49. The standard InChI is InChI=1S/C33H36B2F3N5O6/c1-41(2)27(44)8-5-11-33(34,35)29(49-32(47)42(3)4)30(45)40-25-7-6-12-43(31(25)46)17-23-14-20-13-22(37)16-26(28(20)39-23)48-18-19-9-10-21(36)15-24(19)38/h5-10,12-16,29,39H,11,17-18,34-35H2,1-4H3,(H,40,45)/b8-5+. The molecular formula is C33H36B2F3N5O6. The molecule has 49 heavy (non-hydrogen) atoms. The number of amides is 3. The second kappa shape index (κ2) is 15.2. The highest BCUT2D eigenvalue weighted by Gasteiger charge is 2.38. The number of benzene rings is 2. The third kappa shape index (κ3) is 9.15. The van der Waals surface area contributed by atoms with Gasteiger partial charge in [-0.1, -0.05) is 6.08 Å². The maximum absolute atomic E-state index is 14.5. The third-order valence-electron chi connectivity index (χ3n) is 7.61. The van der Waals surface area contributed by atoms with Crippen LogP contribution < -0.4 is 15.6 Å². The highest BCUT2D eigenvalue weighted by atomic mass is 19.1. The SMILES string of the molecule is BC(B)(C/C=C/C(=O)N(C)C)C(OC(=O)N(C)C)C(=O)Nc1cccn(Cc2cc3cc(F)cc(OCc4ccc(F)cc4F)c3[nH]2)c1=O. The molecule has 2 aromatic carbocycles. The van der Waals surface area contributed by atoms with Crippen LogP contribution in [-0.4, -0.2) is 87.2 Å². The predicted octanol–water partition coefficient (Wildman–Crippen LogP) is 2.80. The number of halogens is 3. The number of nitrogens with one attached hydrogen (secondary N) is 2. The van der Waals surface area contributed by atoms with Gasteiger partial charge in [0, 0.05) is 63.2 Å². The van der Waals surface area contributed by atoms with E-state index in [1.165, 1.54) is 58.9 Å². The number of carbonyl (C=O) groups is 3. The molecule has 4 aromatic rings. The van der Waals surface area contributed by atoms with Gasteiger partial charge in [0.05, 0.1) is 12.1 Å². The van der Waals surface area contributed by atoms with Crippen LogP contribution in [0.2, 0.25) is 5.21 Å². The minimum absolute atomic E-state index is 0.0138. The Morgan fingerprint density at radius 1 is 1.02 bits per heavy atom. The molecule has 0 aliphatic rings. The van der Waals surface area contributed by atoms with Gasteiger partial charge in [0.15, 0.2) is 6.10 Å². The van der Waals surface area contributed by atoms with Crippen LogP contribution in [0.5, 0.6) is 5.75 Å². The molecule has 11 nitrogen and oxygen atoms in total. The molecule has 4 rings (SSSR count). The average molecular weight is 677 g/mol. The van der Waals surface area contributed by atoms with E-state index in [1.54, 1.807) is 48.0 Å². The fourth-order valence-corrected chi connectivity index (χ4v) is 4.86. The fraction of sp³-hybridized carbons (Fsp3) is 0.273. The van der Waals surface area contributed by atoms with E-state index in [2.05, 4.69) is 10.3 Å². The molecule has 0 aliphatic heterocycles. The van der Waals surface area contributed by atoms with Crippen LogP contribution in [0.1, 0.15) is 17.7 Å². The van der Waals surface area contributed by atoms with Crippen LogP contribution in [0, 0.1) is 17.5 Å². The van der Waals surface area contributed by atoms with Crippen LogP contribution in [0.3, 0.4) is 0 Å². The summed E-state index contributed by atoms with van der Waals surface area (Å²) in [5, 5.41) is 2.02. The summed E-state index contributed by atoms with van der Waals surface area (Å²) in [7, 11) is 9.53. The van der Waals surface area contributed by atoms with Gasteiger partial charge >= 0.3 is 6.09 Å². The summed E-state index contributed by atoms with van der Waals surface area (Å²) in [5.41, 5.74) is 0.303. The van der Waals surface area contributed by atoms with Gasteiger partial charge < -0.3 is 34.1 Å². The van der Waals surface area contributed by atoms with Crippen LogP contribution in [-0.2, 0) is 27.5 Å². The minimum Gasteiger partial charge on any atom is -0.486 e. The normalized spacial score (nSPS) is 12.1. The largest absolute Gasteiger partial charge is 0.486 e. The molecule has 0 saturated heterocycles. The second-order valence-electron chi connectivity index (χ2n) is 12.5. The Bertz CT molecular complexity index is 1960. The van der Waals surface area contributed by atoms with Crippen molar-refractivity contribution in [3.63, 3.8) is 0 Å². The number of nitrogens with zero attached hydrogens (tertiary/aromatic N) is 3. The number of rotatable bonds is 12. The molecular weight excluding hydrogens is 641 g/mol. The Labute approximate surface area is 282 Å². The zero-order valence-electron chi connectivity index (χ0n) is 28.0.